The van der Waals surface area contributed by atoms with Crippen molar-refractivity contribution in [2.24, 2.45) is 0 Å². The quantitative estimate of drug-likeness (QED) is 0.736. The van der Waals surface area contributed by atoms with Gasteiger partial charge in [0.1, 0.15) is 6.61 Å². The summed E-state index contributed by atoms with van der Waals surface area (Å²) in [4.78, 5) is 4.20. The molecule has 0 fully saturated rings. The number of hydrogen-bond acceptors (Lipinski definition) is 3. The monoisotopic (exact) mass is 285 g/mol. The number of rotatable bonds is 4. The number of aromatic nitrogens is 3. The van der Waals surface area contributed by atoms with Gasteiger partial charge in [-0.05, 0) is 17.7 Å². The molecule has 0 spiro atoms. The van der Waals surface area contributed by atoms with E-state index in [1.807, 2.05) is 48.5 Å². The minimum Gasteiger partial charge on any atom is -0.484 e. The molecule has 0 aliphatic carbocycles. The van der Waals surface area contributed by atoms with Gasteiger partial charge in [0.05, 0.1) is 6.20 Å². The zero-order valence-corrected chi connectivity index (χ0v) is 11.4. The second-order valence-electron chi connectivity index (χ2n) is 4.17. The van der Waals surface area contributed by atoms with Crippen LogP contribution in [0.4, 0.5) is 0 Å². The molecule has 100 valence electrons. The molecule has 4 nitrogen and oxygen atoms in total. The Kier molecular flexibility index (Phi) is 3.65. The molecule has 0 saturated heterocycles. The molecule has 0 saturated carbocycles. The van der Waals surface area contributed by atoms with Crippen LogP contribution in [0.25, 0.3) is 5.82 Å². The Labute approximate surface area is 121 Å². The van der Waals surface area contributed by atoms with E-state index in [0.29, 0.717) is 23.3 Å². The maximum atomic E-state index is 6.26. The van der Waals surface area contributed by atoms with E-state index in [-0.39, 0.29) is 0 Å². The Morgan fingerprint density at radius 3 is 2.60 bits per heavy atom. The first-order chi connectivity index (χ1) is 9.84. The van der Waals surface area contributed by atoms with Crippen LogP contribution in [-0.2, 0) is 6.61 Å². The van der Waals surface area contributed by atoms with Crippen molar-refractivity contribution in [2.75, 3.05) is 0 Å². The maximum Gasteiger partial charge on any atom is 0.177 e. The van der Waals surface area contributed by atoms with Gasteiger partial charge in [0, 0.05) is 6.20 Å². The maximum absolute atomic E-state index is 6.26. The van der Waals surface area contributed by atoms with Crippen LogP contribution < -0.4 is 4.74 Å². The summed E-state index contributed by atoms with van der Waals surface area (Å²) in [6, 6.07) is 15.5. The molecule has 0 radical (unpaired) electrons. The average molecular weight is 286 g/mol. The fourth-order valence-electron chi connectivity index (χ4n) is 1.79. The normalized spacial score (nSPS) is 10.4. The summed E-state index contributed by atoms with van der Waals surface area (Å²) in [5.74, 6) is 1.20. The van der Waals surface area contributed by atoms with E-state index in [4.69, 9.17) is 16.3 Å². The largest absolute Gasteiger partial charge is 0.484 e. The lowest BCUT2D eigenvalue weighted by Gasteiger charge is -2.05. The Hall–Kier alpha value is -2.33. The second-order valence-corrected chi connectivity index (χ2v) is 4.53. The van der Waals surface area contributed by atoms with Gasteiger partial charge < -0.3 is 4.74 Å². The smallest absolute Gasteiger partial charge is 0.177 e. The summed E-state index contributed by atoms with van der Waals surface area (Å²) < 4.78 is 7.23. The summed E-state index contributed by atoms with van der Waals surface area (Å²) in [6.45, 7) is 0.453. The molecule has 2 heterocycles. The first-order valence-corrected chi connectivity index (χ1v) is 6.54. The number of hydrogen-bond donors (Lipinski definition) is 0. The Bertz CT molecular complexity index is 683. The van der Waals surface area contributed by atoms with Gasteiger partial charge in [0.25, 0.3) is 0 Å². The molecule has 0 aliphatic rings. The molecular weight excluding hydrogens is 274 g/mol. The van der Waals surface area contributed by atoms with Crippen molar-refractivity contribution in [3.8, 4) is 11.6 Å². The van der Waals surface area contributed by atoms with Gasteiger partial charge in [-0.2, -0.15) is 9.78 Å². The first kappa shape index (κ1) is 12.7. The third kappa shape index (κ3) is 2.65. The summed E-state index contributed by atoms with van der Waals surface area (Å²) >= 11 is 6.26. The minimum absolute atomic E-state index is 0.416. The van der Waals surface area contributed by atoms with Crippen LogP contribution in [0.5, 0.6) is 5.75 Å². The van der Waals surface area contributed by atoms with Crippen molar-refractivity contribution in [3.63, 3.8) is 0 Å². The van der Waals surface area contributed by atoms with Gasteiger partial charge in [-0.15, -0.1) is 0 Å². The molecule has 0 N–H and O–H groups in total. The van der Waals surface area contributed by atoms with E-state index >= 15 is 0 Å². The molecule has 0 bridgehead atoms. The highest BCUT2D eigenvalue weighted by molar-refractivity contribution is 6.31. The van der Waals surface area contributed by atoms with E-state index in [9.17, 15) is 0 Å². The second kappa shape index (κ2) is 5.75. The summed E-state index contributed by atoms with van der Waals surface area (Å²) in [7, 11) is 0. The zero-order chi connectivity index (χ0) is 13.8. The highest BCUT2D eigenvalue weighted by Gasteiger charge is 2.11. The molecule has 5 heteroatoms. The molecule has 0 atom stereocenters. The van der Waals surface area contributed by atoms with Crippen LogP contribution in [0, 0.1) is 0 Å². The lowest BCUT2D eigenvalue weighted by molar-refractivity contribution is 0.306. The van der Waals surface area contributed by atoms with Crippen LogP contribution in [0.3, 0.4) is 0 Å². The summed E-state index contributed by atoms with van der Waals surface area (Å²) in [5.41, 5.74) is 1.08. The third-order valence-electron chi connectivity index (χ3n) is 2.78. The summed E-state index contributed by atoms with van der Waals surface area (Å²) in [5, 5.41) is 4.61. The lowest BCUT2D eigenvalue weighted by atomic mass is 10.2. The predicted molar refractivity (Wildman–Crippen MR) is 77.1 cm³/mol. The van der Waals surface area contributed by atoms with Crippen LogP contribution in [0.1, 0.15) is 5.56 Å². The van der Waals surface area contributed by atoms with Gasteiger partial charge in [0.15, 0.2) is 16.7 Å². The molecule has 20 heavy (non-hydrogen) atoms. The van der Waals surface area contributed by atoms with E-state index in [0.717, 1.165) is 5.56 Å². The summed E-state index contributed by atoms with van der Waals surface area (Å²) in [6.07, 6.45) is 3.29. The molecular formula is C15H12ClN3O. The standard InChI is InChI=1S/C15H12ClN3O/c16-15-13(20-11-12-6-2-1-3-7-12)10-18-19(15)14-8-4-5-9-17-14/h1-10H,11H2. The fourth-order valence-corrected chi connectivity index (χ4v) is 2.02. The first-order valence-electron chi connectivity index (χ1n) is 6.16. The van der Waals surface area contributed by atoms with Crippen molar-refractivity contribution < 1.29 is 4.74 Å². The minimum atomic E-state index is 0.416. The van der Waals surface area contributed by atoms with E-state index in [2.05, 4.69) is 10.1 Å². The lowest BCUT2D eigenvalue weighted by Crippen LogP contribution is -1.99. The number of nitrogens with zero attached hydrogens (tertiary/aromatic N) is 3. The van der Waals surface area contributed by atoms with Gasteiger partial charge in [-0.1, -0.05) is 48.0 Å². The third-order valence-corrected chi connectivity index (χ3v) is 3.13. The van der Waals surface area contributed by atoms with Crippen LogP contribution >= 0.6 is 11.6 Å². The predicted octanol–water partition coefficient (Wildman–Crippen LogP) is 3.50. The molecule has 2 aromatic heterocycles. The number of ether oxygens (including phenoxy) is 1. The van der Waals surface area contributed by atoms with Gasteiger partial charge >= 0.3 is 0 Å². The number of benzene rings is 1. The van der Waals surface area contributed by atoms with Gasteiger partial charge in [-0.25, -0.2) is 4.98 Å². The zero-order valence-electron chi connectivity index (χ0n) is 10.6. The Morgan fingerprint density at radius 2 is 1.85 bits per heavy atom. The van der Waals surface area contributed by atoms with Crippen LogP contribution in [-0.4, -0.2) is 14.8 Å². The molecule has 3 aromatic rings. The van der Waals surface area contributed by atoms with Gasteiger partial charge in [-0.3, -0.25) is 0 Å². The van der Waals surface area contributed by atoms with E-state index < -0.39 is 0 Å². The highest BCUT2D eigenvalue weighted by Crippen LogP contribution is 2.26. The Balaban J connectivity index is 1.78. The van der Waals surface area contributed by atoms with Crippen molar-refractivity contribution in [3.05, 3.63) is 71.6 Å². The number of pyridine rings is 1. The number of halogens is 1. The average Bonchev–Trinajstić information content (AvgIpc) is 2.88. The van der Waals surface area contributed by atoms with Crippen molar-refractivity contribution in [1.29, 1.82) is 0 Å². The topological polar surface area (TPSA) is 39.9 Å². The van der Waals surface area contributed by atoms with Crippen molar-refractivity contribution in [1.82, 2.24) is 14.8 Å². The molecule has 1 aromatic carbocycles. The van der Waals surface area contributed by atoms with E-state index in [1.54, 1.807) is 17.1 Å². The van der Waals surface area contributed by atoms with Crippen LogP contribution in [0.15, 0.2) is 60.9 Å². The van der Waals surface area contributed by atoms with Crippen molar-refractivity contribution in [2.45, 2.75) is 6.61 Å². The Morgan fingerprint density at radius 1 is 1.05 bits per heavy atom. The van der Waals surface area contributed by atoms with E-state index in [1.165, 1.54) is 0 Å². The SMILES string of the molecule is Clc1c(OCc2ccccc2)cnn1-c1ccccn1. The van der Waals surface area contributed by atoms with Gasteiger partial charge in [0.2, 0.25) is 0 Å². The van der Waals surface area contributed by atoms with Crippen molar-refractivity contribution >= 4 is 11.6 Å². The molecule has 0 unspecified atom stereocenters. The molecule has 0 aliphatic heterocycles. The highest BCUT2D eigenvalue weighted by atomic mass is 35.5. The molecule has 3 rings (SSSR count). The van der Waals surface area contributed by atoms with Crippen LogP contribution in [0.2, 0.25) is 5.15 Å². The molecule has 0 amide bonds. The fraction of sp³-hybridized carbons (Fsp3) is 0.0667.